The highest BCUT2D eigenvalue weighted by Gasteiger charge is 2.44. The molecule has 3 aliphatic carbocycles. The van der Waals surface area contributed by atoms with Crippen molar-refractivity contribution in [2.45, 2.75) is 125 Å². The summed E-state index contributed by atoms with van der Waals surface area (Å²) in [6.07, 6.45) is 0.719. The van der Waals surface area contributed by atoms with Gasteiger partial charge in [0.25, 0.3) is 0 Å². The van der Waals surface area contributed by atoms with E-state index in [1.807, 2.05) is 85.3 Å². The standard InChI is InChI=1S/C86H98N14O22S2/c1-45(83(117)97-33-13-23-61(97)81(115)95-59(77(87)111)29-37-123-3)93-67(103)41-91-79(113)63(39-69(105)106)99(85(119)121-43-55-51-19-9-5-15-47(51)48-16-6-10-20-52(48)55)35-31-89-57-25-26-58(72-71(57)75(109)73-65(101)27-28-66(102)74(73)76(72)110)90-32-36-100(86(120)122-44-56-53-21-11-7-17-49(53)50-18-8-12-22-54(50)56)64(40-70(107)108)80(114)92-42-68(104)94-46(2)84(118)98-34-14-24-62(98)82(116)96-60(78(88)112)30-38-124-4/h5-12,15-22,25-28,45-46,55-56,59-64,89-90,101-102H,13-14,23-24,29-44H2,1-4H3,(H2,87,111)(H2,88,112)(H,91,113)(H,92,114)(H,93,103)(H,94,104)(H,95,115)(H,96,116)(H,105,106)(H,107,108)/t45-,46-,59-,60-,61-,62-,63-,64-/m0/s1. The van der Waals surface area contributed by atoms with Crippen molar-refractivity contribution >= 4 is 130 Å². The number of phenolic OH excluding ortho intramolecular Hbond substituents is 2. The number of carbonyl (C=O) groups excluding carboxylic acids is 14. The molecule has 2 aliphatic heterocycles. The summed E-state index contributed by atoms with van der Waals surface area (Å²) < 4.78 is 12.1. The van der Waals surface area contributed by atoms with Gasteiger partial charge in [0.1, 0.15) is 73.0 Å². The van der Waals surface area contributed by atoms with E-state index in [9.17, 15) is 87.5 Å². The summed E-state index contributed by atoms with van der Waals surface area (Å²) >= 11 is 2.87. The zero-order valence-corrected chi connectivity index (χ0v) is 70.0. The number of likely N-dealkylation sites (tertiary alicyclic amines) is 2. The number of fused-ring (bicyclic) bond motifs is 8. The molecule has 2 saturated heterocycles. The lowest BCUT2D eigenvalue weighted by Gasteiger charge is -2.31. The number of carboxylic acids is 2. The predicted molar refractivity (Wildman–Crippen MR) is 455 cm³/mol. The third kappa shape index (κ3) is 21.1. The van der Waals surface area contributed by atoms with Gasteiger partial charge in [0.05, 0.1) is 48.2 Å². The first-order chi connectivity index (χ1) is 59.4. The minimum absolute atomic E-state index is 0.121. The first kappa shape index (κ1) is 91.5. The molecule has 0 bridgehead atoms. The Balaban J connectivity index is 0.843. The normalized spacial score (nSPS) is 16.1. The number of anilines is 2. The van der Waals surface area contributed by atoms with Crippen LogP contribution in [0, 0.1) is 0 Å². The molecule has 16 N–H and O–H groups in total. The summed E-state index contributed by atoms with van der Waals surface area (Å²) in [5, 5.41) is 64.5. The van der Waals surface area contributed by atoms with Gasteiger partial charge in [-0.05, 0) is 145 Å². The van der Waals surface area contributed by atoms with E-state index >= 15 is 9.59 Å². The molecular weight excluding hydrogens is 1650 g/mol. The number of primary amides is 2. The topological polar surface area (TPSA) is 534 Å². The van der Waals surface area contributed by atoms with E-state index in [1.54, 1.807) is 24.3 Å². The number of amides is 12. The average molecular weight is 1740 g/mol. The molecule has 36 nitrogen and oxygen atoms in total. The van der Waals surface area contributed by atoms with Gasteiger partial charge < -0.3 is 93.7 Å². The zero-order valence-electron chi connectivity index (χ0n) is 68.4. The second-order valence-corrected chi connectivity index (χ2v) is 32.4. The Morgan fingerprint density at radius 2 is 0.823 bits per heavy atom. The van der Waals surface area contributed by atoms with Gasteiger partial charge in [-0.15, -0.1) is 0 Å². The van der Waals surface area contributed by atoms with Gasteiger partial charge in [-0.1, -0.05) is 97.1 Å². The highest BCUT2D eigenvalue weighted by molar-refractivity contribution is 7.98. The quantitative estimate of drug-likeness (QED) is 0.0244. The van der Waals surface area contributed by atoms with Crippen LogP contribution in [-0.4, -0.2) is 273 Å². The molecule has 8 atom stereocenters. The van der Waals surface area contributed by atoms with Gasteiger partial charge in [-0.3, -0.25) is 76.9 Å². The van der Waals surface area contributed by atoms with Crippen molar-refractivity contribution in [1.29, 1.82) is 0 Å². The molecule has 0 saturated carbocycles. The number of rotatable bonds is 40. The van der Waals surface area contributed by atoms with Crippen LogP contribution in [-0.2, 0) is 67.0 Å². The maximum Gasteiger partial charge on any atom is 0.410 e. The number of carbonyl (C=O) groups is 16. The third-order valence-electron chi connectivity index (χ3n) is 22.4. The highest BCUT2D eigenvalue weighted by Crippen LogP contribution is 2.47. The number of hydrogen-bond donors (Lipinski definition) is 14. The van der Waals surface area contributed by atoms with Gasteiger partial charge in [-0.2, -0.15) is 23.5 Å². The van der Waals surface area contributed by atoms with E-state index < -0.39 is 241 Å². The molecule has 0 unspecified atom stereocenters. The van der Waals surface area contributed by atoms with Crippen molar-refractivity contribution < 1.29 is 107 Å². The second-order valence-electron chi connectivity index (χ2n) is 30.4. The molecule has 5 aliphatic rings. The van der Waals surface area contributed by atoms with E-state index in [1.165, 1.54) is 59.3 Å². The van der Waals surface area contributed by atoms with E-state index in [2.05, 4.69) is 42.5 Å². The van der Waals surface area contributed by atoms with Gasteiger partial charge >= 0.3 is 24.1 Å². The van der Waals surface area contributed by atoms with E-state index in [4.69, 9.17) is 20.9 Å². The zero-order chi connectivity index (χ0) is 89.3. The Bertz CT molecular complexity index is 4770. The Hall–Kier alpha value is -13.3. The van der Waals surface area contributed by atoms with Crippen LogP contribution >= 0.6 is 23.5 Å². The number of aromatic hydroxyl groups is 2. The maximum atomic E-state index is 15.2. The number of aliphatic carboxylic acids is 2. The molecule has 0 aromatic heterocycles. The first-order valence-corrected chi connectivity index (χ1v) is 43.1. The number of phenols is 2. The number of carboxylic acid groups (broad SMARTS) is 2. The molecular formula is C86H98N14O22S2. The summed E-state index contributed by atoms with van der Waals surface area (Å²) in [5.41, 5.74) is 15.1. The van der Waals surface area contributed by atoms with Crippen LogP contribution in [0.1, 0.15) is 131 Å². The summed E-state index contributed by atoms with van der Waals surface area (Å²) in [6.45, 7) is -1.87. The third-order valence-corrected chi connectivity index (χ3v) is 23.7. The Kier molecular flexibility index (Phi) is 30.6. The second kappa shape index (κ2) is 41.5. The van der Waals surface area contributed by atoms with Crippen LogP contribution in [0.3, 0.4) is 0 Å². The molecule has 0 radical (unpaired) electrons. The molecule has 0 spiro atoms. The highest BCUT2D eigenvalue weighted by atomic mass is 32.2. The van der Waals surface area contributed by atoms with Crippen molar-refractivity contribution in [2.75, 3.05) is 100 Å². The average Bonchev–Trinajstić information content (AvgIpc) is 1.41. The number of nitrogens with two attached hydrogens (primary N) is 2. The van der Waals surface area contributed by atoms with E-state index in [0.717, 1.165) is 66.4 Å². The number of thioether (sulfide) groups is 2. The fourth-order valence-electron chi connectivity index (χ4n) is 16.4. The summed E-state index contributed by atoms with van der Waals surface area (Å²) in [5.74, 6) is -15.3. The number of ether oxygens (including phenoxy) is 2. The Labute approximate surface area is 720 Å². The monoisotopic (exact) mass is 1740 g/mol. The molecule has 124 heavy (non-hydrogen) atoms. The maximum absolute atomic E-state index is 15.2. The van der Waals surface area contributed by atoms with Gasteiger partial charge in [-0.25, -0.2) is 9.59 Å². The fourth-order valence-corrected chi connectivity index (χ4v) is 17.3. The van der Waals surface area contributed by atoms with Crippen LogP contribution in [0.5, 0.6) is 11.5 Å². The summed E-state index contributed by atoms with van der Waals surface area (Å²) in [6, 6.07) is 23.4. The van der Waals surface area contributed by atoms with Crippen LogP contribution in [0.2, 0.25) is 0 Å². The SMILES string of the molecule is CSCC[C@H](NC(=O)[C@@H]1CCCN1C(=O)[C@H](C)NC(=O)CNC(=O)[C@H](CC(=O)O)N(CCNc1ccc(NCCN(C(=O)OCC2c3ccccc3-c3ccccc32)[C@@H](CC(=O)O)C(=O)NCC(=O)N[C@@H](C)C(=O)N2CCC[C@H]2C(=O)N[C@@H](CCSC)C(N)=O)c2c1C(=O)c1c(O)ccc(O)c1C2=O)C(=O)OCC1c2ccccc2-c2ccccc21)C(N)=O. The molecule has 38 heteroatoms. The fraction of sp³-hybridized carbons (Fsp3) is 0.395. The van der Waals surface area contributed by atoms with Gasteiger partial charge in [0.2, 0.25) is 70.6 Å². The minimum Gasteiger partial charge on any atom is -0.507 e. The number of nitrogens with one attached hydrogen (secondary N) is 8. The molecule has 656 valence electrons. The Morgan fingerprint density at radius 3 is 1.15 bits per heavy atom. The lowest BCUT2D eigenvalue weighted by molar-refractivity contribution is -0.142. The molecule has 2 fully saturated rings. The predicted octanol–water partition coefficient (Wildman–Crippen LogP) is 3.56. The lowest BCUT2D eigenvalue weighted by atomic mass is 9.81. The van der Waals surface area contributed by atoms with E-state index in [-0.39, 0.29) is 63.4 Å². The smallest absolute Gasteiger partial charge is 0.410 e. The Morgan fingerprint density at radius 1 is 0.484 bits per heavy atom. The molecule has 12 amide bonds. The largest absolute Gasteiger partial charge is 0.507 e. The number of benzene rings is 6. The number of hydrogen-bond acceptors (Lipinski definition) is 24. The van der Waals surface area contributed by atoms with Gasteiger partial charge in [0, 0.05) is 62.5 Å². The number of ketones is 2. The van der Waals surface area contributed by atoms with Crippen LogP contribution in [0.25, 0.3) is 22.3 Å². The van der Waals surface area contributed by atoms with Crippen LogP contribution in [0.4, 0.5) is 21.0 Å². The lowest BCUT2D eigenvalue weighted by Crippen LogP contribution is -2.56. The van der Waals surface area contributed by atoms with E-state index in [0.29, 0.717) is 24.3 Å². The van der Waals surface area contributed by atoms with Crippen molar-refractivity contribution in [3.63, 3.8) is 0 Å². The summed E-state index contributed by atoms with van der Waals surface area (Å²) in [4.78, 5) is 226. The minimum atomic E-state index is -1.99. The van der Waals surface area contributed by atoms with Crippen molar-refractivity contribution in [1.82, 2.24) is 51.5 Å². The van der Waals surface area contributed by atoms with Crippen molar-refractivity contribution in [3.8, 4) is 33.8 Å². The molecule has 6 aromatic carbocycles. The number of nitrogens with zero attached hydrogens (tertiary/aromatic N) is 4. The molecule has 2 heterocycles. The van der Waals surface area contributed by atoms with Crippen molar-refractivity contribution in [2.24, 2.45) is 11.5 Å². The van der Waals surface area contributed by atoms with Crippen molar-refractivity contribution in [3.05, 3.63) is 166 Å². The van der Waals surface area contributed by atoms with Crippen LogP contribution < -0.4 is 54.0 Å². The molecule has 6 aromatic rings. The molecule has 11 rings (SSSR count). The van der Waals surface area contributed by atoms with Crippen LogP contribution in [0.15, 0.2) is 121 Å². The first-order valence-electron chi connectivity index (χ1n) is 40.3. The summed E-state index contributed by atoms with van der Waals surface area (Å²) in [7, 11) is 0. The van der Waals surface area contributed by atoms with Gasteiger partial charge in [0.15, 0.2) is 0 Å².